The van der Waals surface area contributed by atoms with Crippen LogP contribution in [0.4, 0.5) is 0 Å². The molecule has 0 bridgehead atoms. The van der Waals surface area contributed by atoms with Crippen LogP contribution in [0.15, 0.2) is 12.1 Å². The second-order valence-corrected chi connectivity index (χ2v) is 5.53. The van der Waals surface area contributed by atoms with Gasteiger partial charge in [0.2, 0.25) is 5.88 Å². The first-order valence-corrected chi connectivity index (χ1v) is 7.66. The topological polar surface area (TPSA) is 43.4 Å². The molecule has 1 saturated carbocycles. The standard InChI is InChI=1S/C15H23ClN2O2/c1-3-17-10-14-13(16)7-8-15(18-14)20-12-6-4-5-11(9-12)19-2/h7-8,11-12,17H,3-6,9-10H2,1-2H3. The van der Waals surface area contributed by atoms with Crippen molar-refractivity contribution in [3.8, 4) is 5.88 Å². The molecule has 1 fully saturated rings. The molecule has 0 amide bonds. The fourth-order valence-corrected chi connectivity index (χ4v) is 2.66. The van der Waals surface area contributed by atoms with Crippen LogP contribution in [0.25, 0.3) is 0 Å². The van der Waals surface area contributed by atoms with Gasteiger partial charge >= 0.3 is 0 Å². The molecule has 0 spiro atoms. The lowest BCUT2D eigenvalue weighted by Crippen LogP contribution is -2.29. The lowest BCUT2D eigenvalue weighted by molar-refractivity contribution is 0.0194. The molecule has 1 aromatic heterocycles. The minimum absolute atomic E-state index is 0.189. The van der Waals surface area contributed by atoms with Crippen molar-refractivity contribution in [2.75, 3.05) is 13.7 Å². The van der Waals surface area contributed by atoms with E-state index in [0.29, 0.717) is 23.6 Å². The third kappa shape index (κ3) is 4.33. The van der Waals surface area contributed by atoms with Crippen LogP contribution < -0.4 is 10.1 Å². The van der Waals surface area contributed by atoms with Gasteiger partial charge in [-0.3, -0.25) is 0 Å². The van der Waals surface area contributed by atoms with Crippen molar-refractivity contribution in [2.24, 2.45) is 0 Å². The Labute approximate surface area is 125 Å². The van der Waals surface area contributed by atoms with E-state index in [2.05, 4.69) is 17.2 Å². The quantitative estimate of drug-likeness (QED) is 0.876. The molecule has 0 saturated heterocycles. The van der Waals surface area contributed by atoms with E-state index in [4.69, 9.17) is 21.1 Å². The third-order valence-corrected chi connectivity index (χ3v) is 3.98. The van der Waals surface area contributed by atoms with Gasteiger partial charge < -0.3 is 14.8 Å². The first-order valence-electron chi connectivity index (χ1n) is 7.28. The Hall–Kier alpha value is -0.840. The molecular formula is C15H23ClN2O2. The number of hydrogen-bond acceptors (Lipinski definition) is 4. The first kappa shape index (κ1) is 15.5. The van der Waals surface area contributed by atoms with Crippen molar-refractivity contribution < 1.29 is 9.47 Å². The number of aromatic nitrogens is 1. The van der Waals surface area contributed by atoms with Crippen molar-refractivity contribution >= 4 is 11.6 Å². The molecule has 1 N–H and O–H groups in total. The highest BCUT2D eigenvalue weighted by molar-refractivity contribution is 6.31. The fraction of sp³-hybridized carbons (Fsp3) is 0.667. The number of rotatable bonds is 6. The zero-order chi connectivity index (χ0) is 14.4. The van der Waals surface area contributed by atoms with Crippen molar-refractivity contribution in [1.29, 1.82) is 0 Å². The zero-order valence-electron chi connectivity index (χ0n) is 12.2. The van der Waals surface area contributed by atoms with Crippen LogP contribution >= 0.6 is 11.6 Å². The molecule has 0 aliphatic heterocycles. The Kier molecular flexibility index (Phi) is 6.07. The van der Waals surface area contributed by atoms with Crippen molar-refractivity contribution in [1.82, 2.24) is 10.3 Å². The summed E-state index contributed by atoms with van der Waals surface area (Å²) in [6.07, 6.45) is 4.75. The van der Waals surface area contributed by atoms with Crippen LogP contribution in [0.1, 0.15) is 38.3 Å². The maximum Gasteiger partial charge on any atom is 0.213 e. The first-order chi connectivity index (χ1) is 9.72. The summed E-state index contributed by atoms with van der Waals surface area (Å²) in [6.45, 7) is 3.61. The maximum absolute atomic E-state index is 6.14. The van der Waals surface area contributed by atoms with Gasteiger partial charge in [0.15, 0.2) is 0 Å². The number of methoxy groups -OCH3 is 1. The predicted molar refractivity (Wildman–Crippen MR) is 80.3 cm³/mol. The number of halogens is 1. The Morgan fingerprint density at radius 3 is 2.90 bits per heavy atom. The van der Waals surface area contributed by atoms with E-state index in [9.17, 15) is 0 Å². The molecule has 2 unspecified atom stereocenters. The zero-order valence-corrected chi connectivity index (χ0v) is 12.9. The minimum Gasteiger partial charge on any atom is -0.474 e. The lowest BCUT2D eigenvalue weighted by atomic mass is 9.95. The van der Waals surface area contributed by atoms with Gasteiger partial charge in [0.05, 0.1) is 16.8 Å². The summed E-state index contributed by atoms with van der Waals surface area (Å²) < 4.78 is 11.4. The summed E-state index contributed by atoms with van der Waals surface area (Å²) in [5, 5.41) is 3.91. The van der Waals surface area contributed by atoms with Gasteiger partial charge in [-0.15, -0.1) is 0 Å². The molecule has 0 radical (unpaired) electrons. The fourth-order valence-electron chi connectivity index (χ4n) is 2.49. The molecule has 5 heteroatoms. The van der Waals surface area contributed by atoms with Crippen LogP contribution in [0.3, 0.4) is 0 Å². The van der Waals surface area contributed by atoms with Gasteiger partial charge in [-0.05, 0) is 31.9 Å². The number of hydrogen-bond donors (Lipinski definition) is 1. The largest absolute Gasteiger partial charge is 0.474 e. The highest BCUT2D eigenvalue weighted by Crippen LogP contribution is 2.25. The molecule has 2 rings (SSSR count). The summed E-state index contributed by atoms with van der Waals surface area (Å²) in [4.78, 5) is 4.50. The summed E-state index contributed by atoms with van der Waals surface area (Å²) >= 11 is 6.14. The van der Waals surface area contributed by atoms with Crippen LogP contribution in [-0.4, -0.2) is 30.8 Å². The monoisotopic (exact) mass is 298 g/mol. The molecule has 0 aromatic carbocycles. The van der Waals surface area contributed by atoms with E-state index < -0.39 is 0 Å². The van der Waals surface area contributed by atoms with E-state index in [0.717, 1.165) is 37.9 Å². The summed E-state index contributed by atoms with van der Waals surface area (Å²) in [7, 11) is 1.77. The molecule has 1 aliphatic rings. The average molecular weight is 299 g/mol. The summed E-state index contributed by atoms with van der Waals surface area (Å²) in [5.41, 5.74) is 0.838. The number of pyridine rings is 1. The maximum atomic E-state index is 6.14. The third-order valence-electron chi connectivity index (χ3n) is 3.63. The lowest BCUT2D eigenvalue weighted by Gasteiger charge is -2.28. The predicted octanol–water partition coefficient (Wildman–Crippen LogP) is 3.18. The van der Waals surface area contributed by atoms with Gasteiger partial charge in [-0.2, -0.15) is 0 Å². The van der Waals surface area contributed by atoms with Crippen LogP contribution in [-0.2, 0) is 11.3 Å². The molecule has 1 heterocycles. The van der Waals surface area contributed by atoms with Gasteiger partial charge in [0.25, 0.3) is 0 Å². The molecule has 112 valence electrons. The van der Waals surface area contributed by atoms with E-state index >= 15 is 0 Å². The van der Waals surface area contributed by atoms with Crippen LogP contribution in [0, 0.1) is 0 Å². The number of nitrogens with zero attached hydrogens (tertiary/aromatic N) is 1. The van der Waals surface area contributed by atoms with E-state index in [-0.39, 0.29) is 6.10 Å². The van der Waals surface area contributed by atoms with Crippen LogP contribution in [0.5, 0.6) is 5.88 Å². The van der Waals surface area contributed by atoms with E-state index in [1.807, 2.05) is 12.1 Å². The molecule has 20 heavy (non-hydrogen) atoms. The van der Waals surface area contributed by atoms with Gasteiger partial charge in [-0.25, -0.2) is 4.98 Å². The van der Waals surface area contributed by atoms with E-state index in [1.165, 1.54) is 0 Å². The van der Waals surface area contributed by atoms with Crippen molar-refractivity contribution in [2.45, 2.75) is 51.4 Å². The Morgan fingerprint density at radius 2 is 2.15 bits per heavy atom. The summed E-state index contributed by atoms with van der Waals surface area (Å²) in [5.74, 6) is 0.657. The van der Waals surface area contributed by atoms with Crippen molar-refractivity contribution in [3.05, 3.63) is 22.8 Å². The Bertz CT molecular complexity index is 428. The summed E-state index contributed by atoms with van der Waals surface area (Å²) in [6, 6.07) is 3.70. The van der Waals surface area contributed by atoms with Crippen molar-refractivity contribution in [3.63, 3.8) is 0 Å². The SMILES string of the molecule is CCNCc1nc(OC2CCCC(OC)C2)ccc1Cl. The second kappa shape index (κ2) is 7.81. The number of nitrogens with one attached hydrogen (secondary N) is 1. The smallest absolute Gasteiger partial charge is 0.213 e. The normalized spacial score (nSPS) is 22.8. The van der Waals surface area contributed by atoms with Gasteiger partial charge in [0, 0.05) is 26.1 Å². The van der Waals surface area contributed by atoms with Crippen LogP contribution in [0.2, 0.25) is 5.02 Å². The highest BCUT2D eigenvalue weighted by Gasteiger charge is 2.23. The average Bonchev–Trinajstić information content (AvgIpc) is 2.48. The minimum atomic E-state index is 0.189. The highest BCUT2D eigenvalue weighted by atomic mass is 35.5. The molecular weight excluding hydrogens is 276 g/mol. The van der Waals surface area contributed by atoms with Gasteiger partial charge in [0.1, 0.15) is 6.10 Å². The molecule has 1 aliphatic carbocycles. The van der Waals surface area contributed by atoms with E-state index in [1.54, 1.807) is 7.11 Å². The second-order valence-electron chi connectivity index (χ2n) is 5.12. The molecule has 1 aromatic rings. The number of ether oxygens (including phenoxy) is 2. The Morgan fingerprint density at radius 1 is 1.35 bits per heavy atom. The van der Waals surface area contributed by atoms with Gasteiger partial charge in [-0.1, -0.05) is 18.5 Å². The Balaban J connectivity index is 1.98. The molecule has 4 nitrogen and oxygen atoms in total. The molecule has 2 atom stereocenters.